The fraction of sp³-hybridized carbons (Fsp3) is 0.500. The molecule has 75 valence electrons. The van der Waals surface area contributed by atoms with Gasteiger partial charge >= 0.3 is 0 Å². The fourth-order valence-corrected chi connectivity index (χ4v) is 1.96. The third-order valence-corrected chi connectivity index (χ3v) is 2.78. The second kappa shape index (κ2) is 4.58. The molecule has 1 unspecified atom stereocenters. The first-order valence-electron chi connectivity index (χ1n) is 5.30. The van der Waals surface area contributed by atoms with Crippen molar-refractivity contribution in [2.24, 2.45) is 0 Å². The van der Waals surface area contributed by atoms with Gasteiger partial charge in [-0.3, -0.25) is 4.90 Å². The quantitative estimate of drug-likeness (QED) is 0.702. The fourth-order valence-electron chi connectivity index (χ4n) is 1.96. The molecule has 0 aromatic heterocycles. The van der Waals surface area contributed by atoms with Gasteiger partial charge < -0.3 is 0 Å². The average Bonchev–Trinajstić information content (AvgIpc) is 2.23. The highest BCUT2D eigenvalue weighted by molar-refractivity contribution is 5.14. The molecule has 2 nitrogen and oxygen atoms in total. The van der Waals surface area contributed by atoms with Crippen LogP contribution in [0, 0.1) is 0 Å². The van der Waals surface area contributed by atoms with Gasteiger partial charge in [-0.15, -0.1) is 0 Å². The molecule has 1 heterocycles. The number of rotatable bonds is 2. The number of piperidine rings is 1. The standard InChI is InChI=1S/C12H16NO/c14-12-8-4-5-9-13(12)10-11-6-2-1-3-7-11/h1-3,6-7,12H,4-5,8-10H2. The molecule has 1 radical (unpaired) electrons. The van der Waals surface area contributed by atoms with Crippen molar-refractivity contribution in [2.75, 3.05) is 6.54 Å². The lowest BCUT2D eigenvalue weighted by Crippen LogP contribution is -2.37. The van der Waals surface area contributed by atoms with Crippen LogP contribution in [0.3, 0.4) is 0 Å². The van der Waals surface area contributed by atoms with Crippen LogP contribution >= 0.6 is 0 Å². The Labute approximate surface area is 85.2 Å². The molecule has 0 spiro atoms. The first-order valence-corrected chi connectivity index (χ1v) is 5.30. The highest BCUT2D eigenvalue weighted by Gasteiger charge is 2.20. The summed E-state index contributed by atoms with van der Waals surface area (Å²) in [5.74, 6) is 0. The summed E-state index contributed by atoms with van der Waals surface area (Å²) in [5.41, 5.74) is 1.25. The summed E-state index contributed by atoms with van der Waals surface area (Å²) < 4.78 is 0. The summed E-state index contributed by atoms with van der Waals surface area (Å²) in [6.45, 7) is 1.78. The van der Waals surface area contributed by atoms with Gasteiger partial charge in [-0.05, 0) is 24.8 Å². The van der Waals surface area contributed by atoms with Gasteiger partial charge in [0.1, 0.15) is 6.23 Å². The monoisotopic (exact) mass is 190 g/mol. The number of hydrogen-bond donors (Lipinski definition) is 0. The van der Waals surface area contributed by atoms with E-state index in [4.69, 9.17) is 0 Å². The van der Waals surface area contributed by atoms with Crippen LogP contribution in [-0.2, 0) is 11.7 Å². The average molecular weight is 190 g/mol. The zero-order chi connectivity index (χ0) is 9.80. The van der Waals surface area contributed by atoms with Crippen molar-refractivity contribution >= 4 is 0 Å². The molecule has 2 heteroatoms. The third kappa shape index (κ3) is 2.34. The largest absolute Gasteiger partial charge is 0.271 e. The Hall–Kier alpha value is -0.860. The van der Waals surface area contributed by atoms with Crippen LogP contribution in [0.4, 0.5) is 0 Å². The SMILES string of the molecule is [O]C1CCCCN1Cc1ccccc1. The number of hydrogen-bond acceptors (Lipinski definition) is 1. The van der Waals surface area contributed by atoms with Crippen molar-refractivity contribution in [1.82, 2.24) is 4.90 Å². The lowest BCUT2D eigenvalue weighted by molar-refractivity contribution is -0.0757. The third-order valence-electron chi connectivity index (χ3n) is 2.78. The van der Waals surface area contributed by atoms with E-state index in [1.165, 1.54) is 12.0 Å². The van der Waals surface area contributed by atoms with Gasteiger partial charge in [-0.25, -0.2) is 5.11 Å². The minimum absolute atomic E-state index is 0.482. The first kappa shape index (κ1) is 9.69. The summed E-state index contributed by atoms with van der Waals surface area (Å²) in [7, 11) is 0. The maximum absolute atomic E-state index is 11.6. The van der Waals surface area contributed by atoms with Gasteiger partial charge in [-0.2, -0.15) is 0 Å². The van der Waals surface area contributed by atoms with Crippen molar-refractivity contribution in [1.29, 1.82) is 0 Å². The molecule has 0 aliphatic carbocycles. The molecule has 1 aliphatic rings. The van der Waals surface area contributed by atoms with E-state index in [2.05, 4.69) is 12.1 Å². The predicted octanol–water partition coefficient (Wildman–Crippen LogP) is 2.43. The molecule has 0 amide bonds. The highest BCUT2D eigenvalue weighted by atomic mass is 16.3. The second-order valence-corrected chi connectivity index (χ2v) is 3.91. The van der Waals surface area contributed by atoms with E-state index in [1.54, 1.807) is 0 Å². The van der Waals surface area contributed by atoms with Crippen molar-refractivity contribution < 1.29 is 5.11 Å². The summed E-state index contributed by atoms with van der Waals surface area (Å²) in [6, 6.07) is 10.2. The van der Waals surface area contributed by atoms with E-state index < -0.39 is 6.23 Å². The Kier molecular flexibility index (Phi) is 3.17. The van der Waals surface area contributed by atoms with Crippen LogP contribution in [0.5, 0.6) is 0 Å². The molecule has 1 aromatic carbocycles. The zero-order valence-electron chi connectivity index (χ0n) is 8.36. The summed E-state index contributed by atoms with van der Waals surface area (Å²) in [5, 5.41) is 11.6. The highest BCUT2D eigenvalue weighted by Crippen LogP contribution is 2.17. The molecular weight excluding hydrogens is 174 g/mol. The summed E-state index contributed by atoms with van der Waals surface area (Å²) >= 11 is 0. The van der Waals surface area contributed by atoms with Gasteiger partial charge in [0, 0.05) is 13.1 Å². The topological polar surface area (TPSA) is 23.1 Å². The van der Waals surface area contributed by atoms with E-state index in [-0.39, 0.29) is 0 Å². The maximum atomic E-state index is 11.6. The van der Waals surface area contributed by atoms with Gasteiger partial charge in [0.2, 0.25) is 0 Å². The van der Waals surface area contributed by atoms with Crippen LogP contribution in [0.2, 0.25) is 0 Å². The smallest absolute Gasteiger partial charge is 0.146 e. The van der Waals surface area contributed by atoms with Crippen LogP contribution in [0.1, 0.15) is 24.8 Å². The Bertz CT molecular complexity index is 273. The van der Waals surface area contributed by atoms with Crippen molar-refractivity contribution in [3.8, 4) is 0 Å². The van der Waals surface area contributed by atoms with E-state index in [1.807, 2.05) is 23.1 Å². The molecule has 1 aliphatic heterocycles. The first-order chi connectivity index (χ1) is 6.86. The van der Waals surface area contributed by atoms with Crippen LogP contribution < -0.4 is 0 Å². The second-order valence-electron chi connectivity index (χ2n) is 3.91. The van der Waals surface area contributed by atoms with Crippen molar-refractivity contribution in [3.63, 3.8) is 0 Å². The molecule has 1 saturated heterocycles. The van der Waals surface area contributed by atoms with E-state index in [9.17, 15) is 5.11 Å². The zero-order valence-corrected chi connectivity index (χ0v) is 8.36. The molecule has 0 bridgehead atoms. The summed E-state index contributed by atoms with van der Waals surface area (Å²) in [4.78, 5) is 2.04. The molecule has 1 aromatic rings. The Morgan fingerprint density at radius 1 is 1.21 bits per heavy atom. The van der Waals surface area contributed by atoms with E-state index in [0.29, 0.717) is 0 Å². The van der Waals surface area contributed by atoms with Gasteiger partial charge in [0.15, 0.2) is 0 Å². The van der Waals surface area contributed by atoms with Gasteiger partial charge in [0.05, 0.1) is 0 Å². The summed E-state index contributed by atoms with van der Waals surface area (Å²) in [6.07, 6.45) is 2.60. The maximum Gasteiger partial charge on any atom is 0.146 e. The molecule has 14 heavy (non-hydrogen) atoms. The number of likely N-dealkylation sites (tertiary alicyclic amines) is 1. The molecule has 1 fully saturated rings. The normalized spacial score (nSPS) is 23.6. The molecule has 1 atom stereocenters. The van der Waals surface area contributed by atoms with Crippen LogP contribution in [0.15, 0.2) is 30.3 Å². The predicted molar refractivity (Wildman–Crippen MR) is 55.2 cm³/mol. The van der Waals surface area contributed by atoms with Crippen molar-refractivity contribution in [3.05, 3.63) is 35.9 Å². The van der Waals surface area contributed by atoms with E-state index in [0.717, 1.165) is 25.9 Å². The molecule has 0 saturated carbocycles. The van der Waals surface area contributed by atoms with E-state index >= 15 is 0 Å². The minimum atomic E-state index is -0.482. The van der Waals surface area contributed by atoms with Crippen LogP contribution in [-0.4, -0.2) is 17.7 Å². The number of nitrogens with zero attached hydrogens (tertiary/aromatic N) is 1. The van der Waals surface area contributed by atoms with Gasteiger partial charge in [-0.1, -0.05) is 30.3 Å². The van der Waals surface area contributed by atoms with Crippen molar-refractivity contribution in [2.45, 2.75) is 32.0 Å². The molecule has 0 N–H and O–H groups in total. The van der Waals surface area contributed by atoms with Crippen LogP contribution in [0.25, 0.3) is 0 Å². The molecular formula is C12H16NO. The number of benzene rings is 1. The van der Waals surface area contributed by atoms with Gasteiger partial charge in [0.25, 0.3) is 0 Å². The Morgan fingerprint density at radius 3 is 2.71 bits per heavy atom. The molecule has 2 rings (SSSR count). The lowest BCUT2D eigenvalue weighted by Gasteiger charge is -2.30. The Balaban J connectivity index is 1.96. The Morgan fingerprint density at radius 2 is 2.00 bits per heavy atom. The minimum Gasteiger partial charge on any atom is -0.271 e. The lowest BCUT2D eigenvalue weighted by atomic mass is 10.1.